The van der Waals surface area contributed by atoms with Gasteiger partial charge in [0.15, 0.2) is 0 Å². The summed E-state index contributed by atoms with van der Waals surface area (Å²) >= 11 is 6.25. The summed E-state index contributed by atoms with van der Waals surface area (Å²) in [6.45, 7) is 7.12. The zero-order valence-electron chi connectivity index (χ0n) is 20.3. The molecule has 192 valence electrons. The summed E-state index contributed by atoms with van der Waals surface area (Å²) in [6, 6.07) is 12.8. The van der Waals surface area contributed by atoms with Crippen LogP contribution in [0.4, 0.5) is 17.1 Å². The number of benzene rings is 2. The molecule has 2 saturated heterocycles. The number of nitrogens with one attached hydrogen (secondary N) is 1. The van der Waals surface area contributed by atoms with Gasteiger partial charge < -0.3 is 19.9 Å². The van der Waals surface area contributed by atoms with Crippen molar-refractivity contribution in [2.24, 2.45) is 5.92 Å². The van der Waals surface area contributed by atoms with Gasteiger partial charge in [0, 0.05) is 67.8 Å². The largest absolute Gasteiger partial charge is 0.379 e. The molecule has 0 aliphatic carbocycles. The second kappa shape index (κ2) is 11.0. The van der Waals surface area contributed by atoms with Crippen molar-refractivity contribution in [3.8, 4) is 0 Å². The molecule has 3 aliphatic heterocycles. The molecule has 0 saturated carbocycles. The van der Waals surface area contributed by atoms with Crippen LogP contribution in [0.5, 0.6) is 0 Å². The molecule has 9 nitrogen and oxygen atoms in total. The minimum Gasteiger partial charge on any atom is -0.379 e. The van der Waals surface area contributed by atoms with Crippen LogP contribution in [-0.4, -0.2) is 80.8 Å². The highest BCUT2D eigenvalue weighted by atomic mass is 35.5. The molecule has 0 bridgehead atoms. The third-order valence-electron chi connectivity index (χ3n) is 7.47. The van der Waals surface area contributed by atoms with Crippen LogP contribution >= 0.6 is 11.6 Å². The summed E-state index contributed by atoms with van der Waals surface area (Å²) in [5.41, 5.74) is 2.97. The van der Waals surface area contributed by atoms with Crippen LogP contribution in [0.1, 0.15) is 12.0 Å². The lowest BCUT2D eigenvalue weighted by Gasteiger charge is -2.49. The number of morpholine rings is 1. The Hall–Kier alpha value is -2.88. The van der Waals surface area contributed by atoms with Gasteiger partial charge in [0.25, 0.3) is 5.69 Å². The van der Waals surface area contributed by atoms with Gasteiger partial charge >= 0.3 is 0 Å². The normalized spacial score (nSPS) is 22.0. The van der Waals surface area contributed by atoms with Crippen molar-refractivity contribution < 1.29 is 14.5 Å². The number of non-ortho nitro benzene ring substituents is 1. The summed E-state index contributed by atoms with van der Waals surface area (Å²) in [5, 5.41) is 15.2. The molecule has 2 unspecified atom stereocenters. The highest BCUT2D eigenvalue weighted by Crippen LogP contribution is 2.38. The molecule has 3 aliphatic rings. The van der Waals surface area contributed by atoms with Gasteiger partial charge in [-0.25, -0.2) is 0 Å². The number of nitro benzene ring substituents is 1. The second-order valence-electron chi connectivity index (χ2n) is 9.67. The Labute approximate surface area is 216 Å². The Kier molecular flexibility index (Phi) is 7.59. The van der Waals surface area contributed by atoms with E-state index in [-0.39, 0.29) is 28.5 Å². The lowest BCUT2D eigenvalue weighted by Crippen LogP contribution is -2.61. The van der Waals surface area contributed by atoms with Gasteiger partial charge in [0.2, 0.25) is 5.91 Å². The minimum absolute atomic E-state index is 0.0112. The molecule has 0 aromatic heterocycles. The SMILES string of the molecule is O=C(NCCCN1CCOCC1)C1Cc2cc([N+](=O)[O-])ccc2N2CCN(c3cccc(Cl)c3)CC12. The van der Waals surface area contributed by atoms with Crippen LogP contribution in [0.2, 0.25) is 5.02 Å². The molecule has 0 radical (unpaired) electrons. The van der Waals surface area contributed by atoms with Gasteiger partial charge in [0.05, 0.1) is 30.1 Å². The van der Waals surface area contributed by atoms with E-state index in [4.69, 9.17) is 16.3 Å². The van der Waals surface area contributed by atoms with E-state index >= 15 is 0 Å². The smallest absolute Gasteiger partial charge is 0.269 e. The van der Waals surface area contributed by atoms with Crippen molar-refractivity contribution >= 4 is 34.6 Å². The van der Waals surface area contributed by atoms with Crippen molar-refractivity contribution in [3.63, 3.8) is 0 Å². The van der Waals surface area contributed by atoms with E-state index in [1.807, 2.05) is 30.3 Å². The zero-order chi connectivity index (χ0) is 25.1. The van der Waals surface area contributed by atoms with Gasteiger partial charge in [-0.05, 0) is 49.2 Å². The van der Waals surface area contributed by atoms with E-state index in [1.165, 1.54) is 0 Å². The fraction of sp³-hybridized carbons (Fsp3) is 0.500. The lowest BCUT2D eigenvalue weighted by atomic mass is 9.83. The Bertz CT molecular complexity index is 1110. The number of ether oxygens (including phenoxy) is 1. The summed E-state index contributed by atoms with van der Waals surface area (Å²) in [7, 11) is 0. The highest BCUT2D eigenvalue weighted by Gasteiger charge is 2.42. The first-order valence-electron chi connectivity index (χ1n) is 12.6. The minimum atomic E-state index is -0.371. The molecule has 3 heterocycles. The number of nitro groups is 1. The maximum atomic E-state index is 13.5. The van der Waals surface area contributed by atoms with Gasteiger partial charge in [-0.3, -0.25) is 19.8 Å². The Morgan fingerprint density at radius 3 is 2.75 bits per heavy atom. The van der Waals surface area contributed by atoms with Gasteiger partial charge in [0.1, 0.15) is 0 Å². The molecule has 2 fully saturated rings. The number of nitrogens with zero attached hydrogens (tertiary/aromatic N) is 4. The number of amides is 1. The van der Waals surface area contributed by atoms with Crippen LogP contribution in [0, 0.1) is 16.0 Å². The summed E-state index contributed by atoms with van der Waals surface area (Å²) in [5.74, 6) is -0.290. The number of anilines is 2. The molecule has 2 aromatic carbocycles. The lowest BCUT2D eigenvalue weighted by molar-refractivity contribution is -0.384. The van der Waals surface area contributed by atoms with Crippen molar-refractivity contribution in [2.45, 2.75) is 18.9 Å². The first-order valence-corrected chi connectivity index (χ1v) is 13.0. The van der Waals surface area contributed by atoms with Gasteiger partial charge in [-0.1, -0.05) is 17.7 Å². The number of halogens is 1. The van der Waals surface area contributed by atoms with Gasteiger partial charge in [-0.15, -0.1) is 0 Å². The van der Waals surface area contributed by atoms with Crippen LogP contribution in [0.15, 0.2) is 42.5 Å². The second-order valence-corrected chi connectivity index (χ2v) is 10.1. The first kappa shape index (κ1) is 24.8. The van der Waals surface area contributed by atoms with Crippen molar-refractivity contribution in [1.82, 2.24) is 10.2 Å². The number of piperazine rings is 1. The predicted molar refractivity (Wildman–Crippen MR) is 140 cm³/mol. The van der Waals surface area contributed by atoms with E-state index in [0.717, 1.165) is 69.3 Å². The van der Waals surface area contributed by atoms with E-state index in [1.54, 1.807) is 12.1 Å². The third kappa shape index (κ3) is 5.43. The van der Waals surface area contributed by atoms with E-state index in [2.05, 4.69) is 20.0 Å². The van der Waals surface area contributed by atoms with Crippen LogP contribution < -0.4 is 15.1 Å². The number of fused-ring (bicyclic) bond motifs is 3. The van der Waals surface area contributed by atoms with E-state index in [9.17, 15) is 14.9 Å². The Balaban J connectivity index is 1.32. The number of hydrogen-bond acceptors (Lipinski definition) is 7. The van der Waals surface area contributed by atoms with Crippen LogP contribution in [-0.2, 0) is 16.0 Å². The van der Waals surface area contributed by atoms with E-state index < -0.39 is 0 Å². The zero-order valence-corrected chi connectivity index (χ0v) is 21.0. The Morgan fingerprint density at radius 1 is 1.14 bits per heavy atom. The number of rotatable bonds is 7. The molecule has 10 heteroatoms. The molecule has 1 N–H and O–H groups in total. The van der Waals surface area contributed by atoms with Crippen LogP contribution in [0.25, 0.3) is 0 Å². The fourth-order valence-electron chi connectivity index (χ4n) is 5.60. The summed E-state index contributed by atoms with van der Waals surface area (Å²) in [6.07, 6.45) is 1.36. The fourth-order valence-corrected chi connectivity index (χ4v) is 5.79. The van der Waals surface area contributed by atoms with Crippen molar-refractivity contribution in [3.05, 3.63) is 63.2 Å². The monoisotopic (exact) mass is 513 g/mol. The topological polar surface area (TPSA) is 91.2 Å². The number of carbonyl (C=O) groups excluding carboxylic acids is 1. The molecule has 1 amide bonds. The quantitative estimate of drug-likeness (QED) is 0.346. The molecule has 36 heavy (non-hydrogen) atoms. The average molecular weight is 514 g/mol. The highest BCUT2D eigenvalue weighted by molar-refractivity contribution is 6.30. The Morgan fingerprint density at radius 2 is 1.97 bits per heavy atom. The standard InChI is InChI=1S/C26H32ClN5O4/c27-20-3-1-4-21(17-20)30-9-10-31-24-6-5-22(32(34)35)15-19(24)16-23(25(31)18-30)26(33)28-7-2-8-29-11-13-36-14-12-29/h1,3-6,15,17,23,25H,2,7-14,16,18H2,(H,28,33). The first-order chi connectivity index (χ1) is 17.5. The molecular formula is C26H32ClN5O4. The molecule has 2 aromatic rings. The number of carbonyl (C=O) groups is 1. The molecule has 0 spiro atoms. The molecule has 5 rings (SSSR count). The van der Waals surface area contributed by atoms with Crippen LogP contribution in [0.3, 0.4) is 0 Å². The summed E-state index contributed by atoms with van der Waals surface area (Å²) in [4.78, 5) is 31.4. The predicted octanol–water partition coefficient (Wildman–Crippen LogP) is 2.95. The maximum absolute atomic E-state index is 13.5. The number of hydrogen-bond donors (Lipinski definition) is 1. The van der Waals surface area contributed by atoms with Crippen molar-refractivity contribution in [2.75, 3.05) is 68.8 Å². The molecule has 2 atom stereocenters. The van der Waals surface area contributed by atoms with Crippen molar-refractivity contribution in [1.29, 1.82) is 0 Å². The van der Waals surface area contributed by atoms with Gasteiger partial charge in [-0.2, -0.15) is 0 Å². The maximum Gasteiger partial charge on any atom is 0.269 e. The summed E-state index contributed by atoms with van der Waals surface area (Å²) < 4.78 is 5.40. The van der Waals surface area contributed by atoms with E-state index in [0.29, 0.717) is 24.5 Å². The third-order valence-corrected chi connectivity index (χ3v) is 7.71. The average Bonchev–Trinajstić information content (AvgIpc) is 2.90. The molecular weight excluding hydrogens is 482 g/mol.